The third-order valence-electron chi connectivity index (χ3n) is 4.93. The molecule has 128 valence electrons. The number of rotatable bonds is 3. The molecule has 1 aliphatic heterocycles. The summed E-state index contributed by atoms with van der Waals surface area (Å²) < 4.78 is 0. The molecule has 1 fully saturated rings. The van der Waals surface area contributed by atoms with Crippen molar-refractivity contribution in [3.63, 3.8) is 0 Å². The van der Waals surface area contributed by atoms with E-state index in [1.807, 2.05) is 29.2 Å². The Morgan fingerprint density at radius 1 is 0.958 bits per heavy atom. The topological polar surface area (TPSA) is 49.4 Å². The maximum Gasteiger partial charge on any atom is 0.253 e. The Morgan fingerprint density at radius 2 is 1.67 bits per heavy atom. The van der Waals surface area contributed by atoms with E-state index >= 15 is 0 Å². The first-order valence-electron chi connectivity index (χ1n) is 9.09. The number of hydrogen-bond donors (Lipinski definition) is 1. The van der Waals surface area contributed by atoms with E-state index in [9.17, 15) is 9.59 Å². The van der Waals surface area contributed by atoms with Crippen LogP contribution in [0.5, 0.6) is 0 Å². The number of likely N-dealkylation sites (tertiary alicyclic amines) is 1. The first-order valence-corrected chi connectivity index (χ1v) is 9.09. The first kappa shape index (κ1) is 16.7. The largest absolute Gasteiger partial charge is 0.339 e. The molecule has 1 saturated heterocycles. The van der Waals surface area contributed by atoms with Gasteiger partial charge in [0, 0.05) is 30.3 Å². The van der Waals surface area contributed by atoms with Crippen LogP contribution in [0.1, 0.15) is 55.3 Å². The van der Waals surface area contributed by atoms with Crippen molar-refractivity contribution in [1.29, 1.82) is 0 Å². The van der Waals surface area contributed by atoms with Crippen molar-refractivity contribution in [2.24, 2.45) is 5.92 Å². The van der Waals surface area contributed by atoms with Gasteiger partial charge in [0.2, 0.25) is 5.91 Å². The predicted octanol–water partition coefficient (Wildman–Crippen LogP) is 4.00. The van der Waals surface area contributed by atoms with Gasteiger partial charge >= 0.3 is 0 Å². The highest BCUT2D eigenvalue weighted by atomic mass is 16.2. The Labute approximate surface area is 143 Å². The van der Waals surface area contributed by atoms with Gasteiger partial charge < -0.3 is 10.2 Å². The zero-order valence-corrected chi connectivity index (χ0v) is 14.2. The highest BCUT2D eigenvalue weighted by Crippen LogP contribution is 2.21. The lowest BCUT2D eigenvalue weighted by molar-refractivity contribution is -0.120. The van der Waals surface area contributed by atoms with Crippen LogP contribution in [-0.2, 0) is 4.79 Å². The van der Waals surface area contributed by atoms with Crippen molar-refractivity contribution < 1.29 is 9.59 Å². The summed E-state index contributed by atoms with van der Waals surface area (Å²) in [6.07, 6.45) is 11.5. The molecule has 1 atom stereocenters. The summed E-state index contributed by atoms with van der Waals surface area (Å²) in [5.41, 5.74) is 1.47. The van der Waals surface area contributed by atoms with Gasteiger partial charge in [0.05, 0.1) is 0 Å². The van der Waals surface area contributed by atoms with Crippen LogP contribution < -0.4 is 5.32 Å². The fourth-order valence-corrected chi connectivity index (χ4v) is 3.43. The van der Waals surface area contributed by atoms with E-state index in [4.69, 9.17) is 0 Å². The minimum Gasteiger partial charge on any atom is -0.339 e. The van der Waals surface area contributed by atoms with Crippen LogP contribution >= 0.6 is 0 Å². The Kier molecular flexibility index (Phi) is 5.68. The van der Waals surface area contributed by atoms with Gasteiger partial charge in [-0.2, -0.15) is 0 Å². The van der Waals surface area contributed by atoms with Crippen molar-refractivity contribution in [1.82, 2.24) is 4.90 Å². The molecular formula is C20H26N2O2. The molecule has 4 nitrogen and oxygen atoms in total. The summed E-state index contributed by atoms with van der Waals surface area (Å²) in [6, 6.07) is 7.32. The van der Waals surface area contributed by atoms with Gasteiger partial charge in [0.15, 0.2) is 0 Å². The minimum absolute atomic E-state index is 0.0633. The third kappa shape index (κ3) is 4.25. The smallest absolute Gasteiger partial charge is 0.253 e. The lowest BCUT2D eigenvalue weighted by Crippen LogP contribution is -2.31. The van der Waals surface area contributed by atoms with Gasteiger partial charge in [-0.1, -0.05) is 25.0 Å². The molecule has 0 saturated carbocycles. The van der Waals surface area contributed by atoms with E-state index in [1.54, 1.807) is 0 Å². The molecule has 1 unspecified atom stereocenters. The molecule has 0 bridgehead atoms. The second-order valence-electron chi connectivity index (χ2n) is 6.75. The Morgan fingerprint density at radius 3 is 2.29 bits per heavy atom. The van der Waals surface area contributed by atoms with Gasteiger partial charge in [0.1, 0.15) is 0 Å². The van der Waals surface area contributed by atoms with Crippen LogP contribution in [0.4, 0.5) is 5.69 Å². The molecule has 1 N–H and O–H groups in total. The van der Waals surface area contributed by atoms with E-state index in [1.165, 1.54) is 12.8 Å². The fraction of sp³-hybridized carbons (Fsp3) is 0.500. The van der Waals surface area contributed by atoms with Gasteiger partial charge in [-0.05, 0) is 56.4 Å². The third-order valence-corrected chi connectivity index (χ3v) is 4.93. The van der Waals surface area contributed by atoms with Crippen molar-refractivity contribution in [3.8, 4) is 0 Å². The van der Waals surface area contributed by atoms with Crippen LogP contribution in [-0.4, -0.2) is 29.8 Å². The van der Waals surface area contributed by atoms with E-state index in [0.29, 0.717) is 5.56 Å². The van der Waals surface area contributed by atoms with E-state index in [2.05, 4.69) is 17.5 Å². The van der Waals surface area contributed by atoms with Gasteiger partial charge in [-0.3, -0.25) is 9.59 Å². The molecule has 4 heteroatoms. The van der Waals surface area contributed by atoms with Crippen LogP contribution in [0, 0.1) is 5.92 Å². The quantitative estimate of drug-likeness (QED) is 0.854. The Bertz CT molecular complexity index is 599. The summed E-state index contributed by atoms with van der Waals surface area (Å²) in [7, 11) is 0. The molecule has 1 aromatic carbocycles. The molecule has 2 amide bonds. The van der Waals surface area contributed by atoms with E-state index in [0.717, 1.165) is 50.9 Å². The Hall–Kier alpha value is -2.10. The van der Waals surface area contributed by atoms with Crippen molar-refractivity contribution in [2.75, 3.05) is 18.4 Å². The Balaban J connectivity index is 1.59. The van der Waals surface area contributed by atoms with Crippen molar-refractivity contribution in [2.45, 2.75) is 44.9 Å². The van der Waals surface area contributed by atoms with Crippen molar-refractivity contribution in [3.05, 3.63) is 42.0 Å². The molecule has 1 aromatic rings. The van der Waals surface area contributed by atoms with Gasteiger partial charge in [-0.15, -0.1) is 0 Å². The predicted molar refractivity (Wildman–Crippen MR) is 95.9 cm³/mol. The molecule has 0 aromatic heterocycles. The number of nitrogens with one attached hydrogen (secondary N) is 1. The summed E-state index contributed by atoms with van der Waals surface area (Å²) in [5, 5.41) is 2.97. The van der Waals surface area contributed by atoms with Gasteiger partial charge in [-0.25, -0.2) is 0 Å². The summed E-state index contributed by atoms with van der Waals surface area (Å²) >= 11 is 0. The number of benzene rings is 1. The molecule has 2 aliphatic rings. The highest BCUT2D eigenvalue weighted by molar-refractivity contribution is 5.96. The summed E-state index contributed by atoms with van der Waals surface area (Å²) in [6.45, 7) is 1.71. The number of hydrogen-bond acceptors (Lipinski definition) is 2. The summed E-state index contributed by atoms with van der Waals surface area (Å²) in [4.78, 5) is 26.8. The standard InChI is InChI=1S/C20H26N2O2/c23-19(16-8-4-3-5-9-16)21-18-12-10-17(11-13-18)20(24)22-14-6-1-2-7-15-22/h3-4,10-13,16H,1-2,5-9,14-15H2,(H,21,23). The molecule has 1 aliphatic carbocycles. The second-order valence-corrected chi connectivity index (χ2v) is 6.75. The highest BCUT2D eigenvalue weighted by Gasteiger charge is 2.20. The second kappa shape index (κ2) is 8.13. The lowest BCUT2D eigenvalue weighted by Gasteiger charge is -2.20. The molecule has 0 radical (unpaired) electrons. The maximum absolute atomic E-state index is 12.6. The normalized spacial score (nSPS) is 21.2. The van der Waals surface area contributed by atoms with Crippen molar-refractivity contribution >= 4 is 17.5 Å². The maximum atomic E-state index is 12.6. The first-order chi connectivity index (χ1) is 11.7. The number of carbonyl (C=O) groups is 2. The van der Waals surface area contributed by atoms with Crippen LogP contribution in [0.25, 0.3) is 0 Å². The van der Waals surface area contributed by atoms with Gasteiger partial charge in [0.25, 0.3) is 5.91 Å². The van der Waals surface area contributed by atoms with Crippen LogP contribution in [0.2, 0.25) is 0 Å². The average Bonchev–Trinajstić information content (AvgIpc) is 2.92. The number of carbonyl (C=O) groups excluding carboxylic acids is 2. The lowest BCUT2D eigenvalue weighted by atomic mass is 9.93. The fourth-order valence-electron chi connectivity index (χ4n) is 3.43. The average molecular weight is 326 g/mol. The summed E-state index contributed by atoms with van der Waals surface area (Å²) in [5.74, 6) is 0.242. The number of anilines is 1. The zero-order valence-electron chi connectivity index (χ0n) is 14.2. The number of amides is 2. The van der Waals surface area contributed by atoms with Crippen LogP contribution in [0.3, 0.4) is 0 Å². The van der Waals surface area contributed by atoms with E-state index in [-0.39, 0.29) is 17.7 Å². The monoisotopic (exact) mass is 326 g/mol. The zero-order chi connectivity index (χ0) is 16.8. The molecule has 3 rings (SSSR count). The molecule has 1 heterocycles. The number of allylic oxidation sites excluding steroid dienone is 2. The van der Waals surface area contributed by atoms with Crippen LogP contribution in [0.15, 0.2) is 36.4 Å². The SMILES string of the molecule is O=C(Nc1ccc(C(=O)N2CCCCCC2)cc1)C1CC=CCC1. The minimum atomic E-state index is 0.0633. The molecular weight excluding hydrogens is 300 g/mol. The molecule has 24 heavy (non-hydrogen) atoms. The molecule has 0 spiro atoms. The number of nitrogens with zero attached hydrogens (tertiary/aromatic N) is 1. The van der Waals surface area contributed by atoms with E-state index < -0.39 is 0 Å².